The number of methoxy groups -OCH3 is 2. The molecular formula is C21H23N3O3S. The van der Waals surface area contributed by atoms with E-state index in [0.29, 0.717) is 12.2 Å². The van der Waals surface area contributed by atoms with E-state index in [1.165, 1.54) is 24.4 Å². The summed E-state index contributed by atoms with van der Waals surface area (Å²) in [5.74, 6) is 1.97. The predicted molar refractivity (Wildman–Crippen MR) is 110 cm³/mol. The summed E-state index contributed by atoms with van der Waals surface area (Å²) in [4.78, 5) is 11.4. The third kappa shape index (κ3) is 5.13. The van der Waals surface area contributed by atoms with Crippen LogP contribution in [0.1, 0.15) is 12.0 Å². The van der Waals surface area contributed by atoms with Gasteiger partial charge in [-0.15, -0.1) is 10.2 Å². The van der Waals surface area contributed by atoms with Crippen molar-refractivity contribution in [3.05, 3.63) is 60.2 Å². The van der Waals surface area contributed by atoms with Crippen molar-refractivity contribution in [3.63, 3.8) is 0 Å². The average Bonchev–Trinajstić information content (AvgIpc) is 3.15. The van der Waals surface area contributed by atoms with Crippen LogP contribution in [0.4, 0.5) is 0 Å². The van der Waals surface area contributed by atoms with Gasteiger partial charge in [0.05, 0.1) is 20.6 Å². The predicted octanol–water partition coefficient (Wildman–Crippen LogP) is 3.85. The van der Waals surface area contributed by atoms with Crippen LogP contribution in [0.15, 0.2) is 59.8 Å². The largest absolute Gasteiger partial charge is 0.497 e. The Morgan fingerprint density at radius 3 is 2.46 bits per heavy atom. The van der Waals surface area contributed by atoms with Crippen molar-refractivity contribution in [2.24, 2.45) is 0 Å². The Labute approximate surface area is 168 Å². The van der Waals surface area contributed by atoms with E-state index in [9.17, 15) is 4.79 Å². The molecule has 0 bridgehead atoms. The first-order valence-corrected chi connectivity index (χ1v) is 10.0. The average molecular weight is 398 g/mol. The molecule has 0 aliphatic rings. The van der Waals surface area contributed by atoms with Crippen LogP contribution in [0, 0.1) is 0 Å². The fraction of sp³-hybridized carbons (Fsp3) is 0.286. The number of benzene rings is 2. The summed E-state index contributed by atoms with van der Waals surface area (Å²) in [5.41, 5.74) is 2.23. The Balaban J connectivity index is 1.82. The highest BCUT2D eigenvalue weighted by Crippen LogP contribution is 2.26. The summed E-state index contributed by atoms with van der Waals surface area (Å²) < 4.78 is 12.1. The van der Waals surface area contributed by atoms with Gasteiger partial charge in [0.25, 0.3) is 0 Å². The molecule has 0 saturated carbocycles. The van der Waals surface area contributed by atoms with E-state index in [-0.39, 0.29) is 5.97 Å². The molecule has 0 amide bonds. The first-order valence-electron chi connectivity index (χ1n) is 9.02. The normalized spacial score (nSPS) is 10.6. The molecule has 0 N–H and O–H groups in total. The summed E-state index contributed by atoms with van der Waals surface area (Å²) in [5, 5.41) is 9.57. The highest BCUT2D eigenvalue weighted by Gasteiger charge is 2.15. The molecule has 0 atom stereocenters. The second-order valence-corrected chi connectivity index (χ2v) is 7.16. The number of rotatable bonds is 9. The van der Waals surface area contributed by atoms with Crippen LogP contribution < -0.4 is 4.74 Å². The fourth-order valence-corrected chi connectivity index (χ4v) is 3.65. The number of aryl methyl sites for hydroxylation is 1. The van der Waals surface area contributed by atoms with Gasteiger partial charge in [-0.2, -0.15) is 0 Å². The highest BCUT2D eigenvalue weighted by atomic mass is 32.2. The minimum Gasteiger partial charge on any atom is -0.497 e. The van der Waals surface area contributed by atoms with Gasteiger partial charge in [0.2, 0.25) is 0 Å². The molecular weight excluding hydrogens is 374 g/mol. The second-order valence-electron chi connectivity index (χ2n) is 6.10. The first-order chi connectivity index (χ1) is 13.7. The zero-order valence-electron chi connectivity index (χ0n) is 16.0. The zero-order chi connectivity index (χ0) is 19.8. The molecule has 0 unspecified atom stereocenters. The van der Waals surface area contributed by atoms with Crippen LogP contribution in [0.3, 0.4) is 0 Å². The fourth-order valence-electron chi connectivity index (χ4n) is 2.76. The van der Waals surface area contributed by atoms with Crippen LogP contribution in [-0.4, -0.2) is 40.7 Å². The minimum absolute atomic E-state index is 0.224. The van der Waals surface area contributed by atoms with Crippen molar-refractivity contribution in [3.8, 4) is 17.1 Å². The van der Waals surface area contributed by atoms with Gasteiger partial charge in [-0.25, -0.2) is 0 Å². The van der Waals surface area contributed by atoms with Crippen molar-refractivity contribution < 1.29 is 14.3 Å². The smallest absolute Gasteiger partial charge is 0.306 e. The third-order valence-corrected chi connectivity index (χ3v) is 5.27. The monoisotopic (exact) mass is 397 g/mol. The van der Waals surface area contributed by atoms with Gasteiger partial charge in [-0.1, -0.05) is 42.1 Å². The number of hydrogen-bond donors (Lipinski definition) is 0. The van der Waals surface area contributed by atoms with Crippen LogP contribution in [0.25, 0.3) is 11.4 Å². The van der Waals surface area contributed by atoms with Crippen molar-refractivity contribution in [1.29, 1.82) is 0 Å². The Morgan fingerprint density at radius 1 is 1.04 bits per heavy atom. The molecule has 2 aromatic carbocycles. The molecule has 146 valence electrons. The lowest BCUT2D eigenvalue weighted by molar-refractivity contribution is -0.140. The number of carbonyl (C=O) groups excluding carboxylic acids is 1. The zero-order valence-corrected chi connectivity index (χ0v) is 16.8. The molecule has 0 saturated heterocycles. The van der Waals surface area contributed by atoms with Crippen LogP contribution in [-0.2, 0) is 22.5 Å². The number of carbonyl (C=O) groups is 1. The van der Waals surface area contributed by atoms with Crippen LogP contribution in [0.2, 0.25) is 0 Å². The maximum absolute atomic E-state index is 11.4. The number of esters is 1. The van der Waals surface area contributed by atoms with Crippen molar-refractivity contribution in [2.45, 2.75) is 24.5 Å². The summed E-state index contributed by atoms with van der Waals surface area (Å²) in [7, 11) is 3.05. The van der Waals surface area contributed by atoms with E-state index in [1.807, 2.05) is 42.5 Å². The lowest BCUT2D eigenvalue weighted by Crippen LogP contribution is -2.06. The number of ether oxygens (including phenoxy) is 2. The Morgan fingerprint density at radius 2 is 1.79 bits per heavy atom. The van der Waals surface area contributed by atoms with Gasteiger partial charge in [0.15, 0.2) is 11.0 Å². The van der Waals surface area contributed by atoms with E-state index < -0.39 is 0 Å². The SMILES string of the molecule is COC(=O)CCSc1nnc(-c2ccc(OC)cc2)n1CCc1ccccc1. The lowest BCUT2D eigenvalue weighted by atomic mass is 10.1. The van der Waals surface area contributed by atoms with Gasteiger partial charge in [-0.3, -0.25) is 4.79 Å². The molecule has 28 heavy (non-hydrogen) atoms. The number of hydrogen-bond acceptors (Lipinski definition) is 6. The number of thioether (sulfide) groups is 1. The lowest BCUT2D eigenvalue weighted by Gasteiger charge is -2.11. The summed E-state index contributed by atoms with van der Waals surface area (Å²) >= 11 is 1.51. The molecule has 1 heterocycles. The van der Waals surface area contributed by atoms with Gasteiger partial charge in [0, 0.05) is 17.9 Å². The molecule has 0 aliphatic heterocycles. The van der Waals surface area contributed by atoms with Crippen LogP contribution in [0.5, 0.6) is 5.75 Å². The van der Waals surface area contributed by atoms with Crippen molar-refractivity contribution in [2.75, 3.05) is 20.0 Å². The maximum Gasteiger partial charge on any atom is 0.306 e. The second kappa shape index (κ2) is 9.94. The Hall–Kier alpha value is -2.80. The van der Waals surface area contributed by atoms with Crippen molar-refractivity contribution >= 4 is 17.7 Å². The molecule has 3 rings (SSSR count). The number of nitrogens with zero attached hydrogens (tertiary/aromatic N) is 3. The molecule has 1 aromatic heterocycles. The summed E-state index contributed by atoms with van der Waals surface area (Å²) in [6.45, 7) is 0.749. The van der Waals surface area contributed by atoms with E-state index in [0.717, 1.165) is 35.3 Å². The molecule has 0 aliphatic carbocycles. The quantitative estimate of drug-likeness (QED) is 0.404. The van der Waals surface area contributed by atoms with Gasteiger partial charge in [0.1, 0.15) is 5.75 Å². The highest BCUT2D eigenvalue weighted by molar-refractivity contribution is 7.99. The molecule has 7 heteroatoms. The van der Waals surface area contributed by atoms with Gasteiger partial charge < -0.3 is 14.0 Å². The molecule has 3 aromatic rings. The van der Waals surface area contributed by atoms with Crippen molar-refractivity contribution in [1.82, 2.24) is 14.8 Å². The van der Waals surface area contributed by atoms with Gasteiger partial charge >= 0.3 is 5.97 Å². The topological polar surface area (TPSA) is 66.2 Å². The van der Waals surface area contributed by atoms with Crippen LogP contribution >= 0.6 is 11.8 Å². The Kier molecular flexibility index (Phi) is 7.08. The van der Waals surface area contributed by atoms with E-state index in [1.54, 1.807) is 7.11 Å². The first kappa shape index (κ1) is 19.9. The third-order valence-electron chi connectivity index (χ3n) is 4.30. The Bertz CT molecular complexity index is 895. The minimum atomic E-state index is -0.224. The maximum atomic E-state index is 11.4. The van der Waals surface area contributed by atoms with Gasteiger partial charge in [-0.05, 0) is 36.2 Å². The molecule has 0 radical (unpaired) electrons. The molecule has 0 fully saturated rings. The molecule has 6 nitrogen and oxygen atoms in total. The van der Waals surface area contributed by atoms with E-state index in [4.69, 9.17) is 9.47 Å². The summed E-state index contributed by atoms with van der Waals surface area (Å²) in [6.07, 6.45) is 1.21. The number of aromatic nitrogens is 3. The van der Waals surface area contributed by atoms with E-state index >= 15 is 0 Å². The van der Waals surface area contributed by atoms with E-state index in [2.05, 4.69) is 26.9 Å². The molecule has 0 spiro atoms. The summed E-state index contributed by atoms with van der Waals surface area (Å²) in [6, 6.07) is 18.1. The standard InChI is InChI=1S/C21H23N3O3S/c1-26-18-10-8-17(9-11-18)20-22-23-21(28-15-13-19(25)27-2)24(20)14-12-16-6-4-3-5-7-16/h3-11H,12-15H2,1-2H3.